The normalized spacial score (nSPS) is 10.3. The zero-order valence-corrected chi connectivity index (χ0v) is 10.6. The molecule has 94 valence electrons. The van der Waals surface area contributed by atoms with E-state index in [-0.39, 0.29) is 5.91 Å². The van der Waals surface area contributed by atoms with Gasteiger partial charge in [0.15, 0.2) is 6.39 Å². The second kappa shape index (κ2) is 5.49. The molecule has 0 aliphatic rings. The average molecular weight is 244 g/mol. The number of hydrogen-bond acceptors (Lipinski definition) is 3. The second-order valence-electron chi connectivity index (χ2n) is 4.30. The van der Waals surface area contributed by atoms with Crippen molar-refractivity contribution in [2.24, 2.45) is 0 Å². The van der Waals surface area contributed by atoms with Crippen LogP contribution in [0.15, 0.2) is 35.1 Å². The fraction of sp³-hybridized carbons (Fsp3) is 0.286. The minimum absolute atomic E-state index is 0.0172. The zero-order valence-electron chi connectivity index (χ0n) is 10.6. The summed E-state index contributed by atoms with van der Waals surface area (Å²) in [5, 5.41) is 2.82. The number of hydrogen-bond donors (Lipinski definition) is 1. The number of benzene rings is 1. The molecule has 2 aromatic rings. The average Bonchev–Trinajstić information content (AvgIpc) is 2.72. The number of aromatic nitrogens is 1. The lowest BCUT2D eigenvalue weighted by atomic mass is 10.1. The Kier molecular flexibility index (Phi) is 3.77. The summed E-state index contributed by atoms with van der Waals surface area (Å²) in [5.41, 5.74) is 2.99. The SMILES string of the molecule is Cc1cccc(CC(=O)NCc2ocnc2C)c1. The van der Waals surface area contributed by atoms with Gasteiger partial charge in [0.05, 0.1) is 18.7 Å². The van der Waals surface area contributed by atoms with E-state index in [2.05, 4.69) is 10.3 Å². The molecule has 1 N–H and O–H groups in total. The first-order valence-corrected chi connectivity index (χ1v) is 5.86. The lowest BCUT2D eigenvalue weighted by Crippen LogP contribution is -2.24. The first kappa shape index (κ1) is 12.4. The predicted octanol–water partition coefficient (Wildman–Crippen LogP) is 2.15. The molecule has 0 saturated heterocycles. The molecule has 0 aliphatic heterocycles. The molecule has 1 heterocycles. The van der Waals surface area contributed by atoms with Crippen molar-refractivity contribution in [1.29, 1.82) is 0 Å². The summed E-state index contributed by atoms with van der Waals surface area (Å²) in [5.74, 6) is 0.684. The van der Waals surface area contributed by atoms with Gasteiger partial charge >= 0.3 is 0 Å². The Morgan fingerprint density at radius 3 is 2.89 bits per heavy atom. The Hall–Kier alpha value is -2.10. The maximum absolute atomic E-state index is 11.8. The van der Waals surface area contributed by atoms with E-state index < -0.39 is 0 Å². The highest BCUT2D eigenvalue weighted by Gasteiger charge is 2.07. The van der Waals surface area contributed by atoms with E-state index in [9.17, 15) is 4.79 Å². The molecule has 0 aliphatic carbocycles. The largest absolute Gasteiger partial charge is 0.446 e. The van der Waals surface area contributed by atoms with Crippen LogP contribution in [0.4, 0.5) is 0 Å². The van der Waals surface area contributed by atoms with E-state index >= 15 is 0 Å². The topological polar surface area (TPSA) is 55.1 Å². The lowest BCUT2D eigenvalue weighted by Gasteiger charge is -2.04. The van der Waals surface area contributed by atoms with Crippen LogP contribution in [0.25, 0.3) is 0 Å². The number of carbonyl (C=O) groups is 1. The summed E-state index contributed by atoms with van der Waals surface area (Å²) in [6.45, 7) is 4.25. The predicted molar refractivity (Wildman–Crippen MR) is 68.0 cm³/mol. The molecular formula is C14H16N2O2. The van der Waals surface area contributed by atoms with Gasteiger partial charge in [0.2, 0.25) is 5.91 Å². The van der Waals surface area contributed by atoms with Crippen molar-refractivity contribution in [3.63, 3.8) is 0 Å². The number of oxazole rings is 1. The molecule has 0 radical (unpaired) electrons. The van der Waals surface area contributed by atoms with Gasteiger partial charge < -0.3 is 9.73 Å². The molecular weight excluding hydrogens is 228 g/mol. The van der Waals surface area contributed by atoms with Crippen molar-refractivity contribution in [3.05, 3.63) is 53.2 Å². The lowest BCUT2D eigenvalue weighted by molar-refractivity contribution is -0.120. The summed E-state index contributed by atoms with van der Waals surface area (Å²) in [7, 11) is 0. The van der Waals surface area contributed by atoms with Crippen molar-refractivity contribution < 1.29 is 9.21 Å². The third kappa shape index (κ3) is 3.20. The fourth-order valence-electron chi connectivity index (χ4n) is 1.74. The van der Waals surface area contributed by atoms with Gasteiger partial charge in [-0.05, 0) is 19.4 Å². The molecule has 2 rings (SSSR count). The molecule has 0 fully saturated rings. The molecule has 0 saturated carbocycles. The van der Waals surface area contributed by atoms with Crippen LogP contribution in [0.1, 0.15) is 22.6 Å². The van der Waals surface area contributed by atoms with E-state index in [0.29, 0.717) is 18.7 Å². The molecule has 18 heavy (non-hydrogen) atoms. The van der Waals surface area contributed by atoms with Crippen molar-refractivity contribution in [2.75, 3.05) is 0 Å². The van der Waals surface area contributed by atoms with Crippen LogP contribution in [-0.4, -0.2) is 10.9 Å². The van der Waals surface area contributed by atoms with Crippen LogP contribution in [0.2, 0.25) is 0 Å². The number of carbonyl (C=O) groups excluding carboxylic acids is 1. The number of nitrogens with zero attached hydrogens (tertiary/aromatic N) is 1. The molecule has 0 atom stereocenters. The van der Waals surface area contributed by atoms with E-state index in [1.165, 1.54) is 6.39 Å². The van der Waals surface area contributed by atoms with Crippen molar-refractivity contribution in [1.82, 2.24) is 10.3 Å². The van der Waals surface area contributed by atoms with Gasteiger partial charge in [-0.15, -0.1) is 0 Å². The first-order chi connectivity index (χ1) is 8.65. The Bertz CT molecular complexity index is 546. The summed E-state index contributed by atoms with van der Waals surface area (Å²) in [6, 6.07) is 7.93. The minimum Gasteiger partial charge on any atom is -0.446 e. The number of rotatable bonds is 4. The third-order valence-electron chi connectivity index (χ3n) is 2.74. The standard InChI is InChI=1S/C14H16N2O2/c1-10-4-3-5-12(6-10)7-14(17)15-8-13-11(2)16-9-18-13/h3-6,9H,7-8H2,1-2H3,(H,15,17). The fourth-order valence-corrected chi connectivity index (χ4v) is 1.74. The molecule has 0 unspecified atom stereocenters. The van der Waals surface area contributed by atoms with Crippen LogP contribution >= 0.6 is 0 Å². The number of nitrogens with one attached hydrogen (secondary N) is 1. The Morgan fingerprint density at radius 2 is 2.22 bits per heavy atom. The third-order valence-corrected chi connectivity index (χ3v) is 2.74. The molecule has 1 aromatic heterocycles. The summed E-state index contributed by atoms with van der Waals surface area (Å²) in [6.07, 6.45) is 1.77. The zero-order chi connectivity index (χ0) is 13.0. The molecule has 0 spiro atoms. The van der Waals surface area contributed by atoms with E-state index in [4.69, 9.17) is 4.42 Å². The van der Waals surface area contributed by atoms with Gasteiger partial charge in [-0.2, -0.15) is 0 Å². The Balaban J connectivity index is 1.88. The quantitative estimate of drug-likeness (QED) is 0.896. The maximum Gasteiger partial charge on any atom is 0.224 e. The van der Waals surface area contributed by atoms with Gasteiger partial charge in [-0.25, -0.2) is 4.98 Å². The monoisotopic (exact) mass is 244 g/mol. The highest BCUT2D eigenvalue weighted by molar-refractivity contribution is 5.78. The van der Waals surface area contributed by atoms with Crippen molar-refractivity contribution >= 4 is 5.91 Å². The van der Waals surface area contributed by atoms with Gasteiger partial charge in [0.25, 0.3) is 0 Å². The van der Waals surface area contributed by atoms with Crippen LogP contribution in [0, 0.1) is 13.8 Å². The minimum atomic E-state index is -0.0172. The Labute approximate surface area is 106 Å². The van der Waals surface area contributed by atoms with Gasteiger partial charge in [0, 0.05) is 0 Å². The van der Waals surface area contributed by atoms with Gasteiger partial charge in [-0.1, -0.05) is 29.8 Å². The van der Waals surface area contributed by atoms with Gasteiger partial charge in [-0.3, -0.25) is 4.79 Å². The number of amides is 1. The highest BCUT2D eigenvalue weighted by atomic mass is 16.3. The van der Waals surface area contributed by atoms with E-state index in [1.807, 2.05) is 38.1 Å². The molecule has 4 heteroatoms. The van der Waals surface area contributed by atoms with Crippen molar-refractivity contribution in [2.45, 2.75) is 26.8 Å². The Morgan fingerprint density at radius 1 is 1.39 bits per heavy atom. The van der Waals surface area contributed by atoms with Crippen LogP contribution in [-0.2, 0) is 17.8 Å². The van der Waals surface area contributed by atoms with E-state index in [0.717, 1.165) is 16.8 Å². The van der Waals surface area contributed by atoms with Gasteiger partial charge in [0.1, 0.15) is 5.76 Å². The summed E-state index contributed by atoms with van der Waals surface area (Å²) in [4.78, 5) is 15.7. The van der Waals surface area contributed by atoms with Crippen LogP contribution in [0.3, 0.4) is 0 Å². The maximum atomic E-state index is 11.8. The first-order valence-electron chi connectivity index (χ1n) is 5.86. The van der Waals surface area contributed by atoms with Crippen LogP contribution in [0.5, 0.6) is 0 Å². The number of aryl methyl sites for hydroxylation is 2. The molecule has 1 amide bonds. The van der Waals surface area contributed by atoms with Crippen LogP contribution < -0.4 is 5.32 Å². The molecule has 0 bridgehead atoms. The second-order valence-corrected chi connectivity index (χ2v) is 4.30. The van der Waals surface area contributed by atoms with Crippen molar-refractivity contribution in [3.8, 4) is 0 Å². The summed E-state index contributed by atoms with van der Waals surface area (Å²) < 4.78 is 5.16. The summed E-state index contributed by atoms with van der Waals surface area (Å²) >= 11 is 0. The smallest absolute Gasteiger partial charge is 0.224 e. The highest BCUT2D eigenvalue weighted by Crippen LogP contribution is 2.06. The van der Waals surface area contributed by atoms with E-state index in [1.54, 1.807) is 0 Å². The molecule has 1 aromatic carbocycles. The molecule has 4 nitrogen and oxygen atoms in total.